The van der Waals surface area contributed by atoms with Crippen LogP contribution in [0.15, 0.2) is 75.7 Å². The lowest BCUT2D eigenvalue weighted by atomic mass is 9.86. The zero-order valence-electron chi connectivity index (χ0n) is 16.4. The van der Waals surface area contributed by atoms with Crippen LogP contribution in [0, 0.1) is 10.1 Å². The number of thiazole rings is 1. The van der Waals surface area contributed by atoms with Gasteiger partial charge in [-0.15, -0.1) is 0 Å². The van der Waals surface area contributed by atoms with E-state index in [0.717, 1.165) is 24.1 Å². The quantitative estimate of drug-likeness (QED) is 0.471. The number of fused-ring (bicyclic) bond motifs is 1. The smallest absolute Gasteiger partial charge is 0.271 e. The predicted octanol–water partition coefficient (Wildman–Crippen LogP) is 2.88. The Kier molecular flexibility index (Phi) is 4.71. The second-order valence-electron chi connectivity index (χ2n) is 7.48. The maximum absolute atomic E-state index is 13.4. The third-order valence-corrected chi connectivity index (χ3v) is 6.53. The summed E-state index contributed by atoms with van der Waals surface area (Å²) in [7, 11) is 0. The molecule has 0 amide bonds. The van der Waals surface area contributed by atoms with Gasteiger partial charge in [-0.25, -0.2) is 4.99 Å². The lowest BCUT2D eigenvalue weighted by Gasteiger charge is -2.28. The number of benzene rings is 2. The van der Waals surface area contributed by atoms with Gasteiger partial charge in [-0.05, 0) is 42.2 Å². The van der Waals surface area contributed by atoms with Gasteiger partial charge in [0.1, 0.15) is 0 Å². The van der Waals surface area contributed by atoms with Crippen LogP contribution in [0.2, 0.25) is 0 Å². The highest BCUT2D eigenvalue weighted by atomic mass is 32.1. The highest BCUT2D eigenvalue weighted by Crippen LogP contribution is 2.35. The van der Waals surface area contributed by atoms with E-state index in [0.29, 0.717) is 26.9 Å². The molecular formula is C23H17N3O4S. The molecule has 5 rings (SSSR count). The number of Topliss-reactive ketones (excluding diaryl/α,β-unsaturated/α-hetero) is 1. The predicted molar refractivity (Wildman–Crippen MR) is 116 cm³/mol. The Morgan fingerprint density at radius 3 is 2.52 bits per heavy atom. The Morgan fingerprint density at radius 2 is 1.81 bits per heavy atom. The van der Waals surface area contributed by atoms with Gasteiger partial charge in [0.05, 0.1) is 21.2 Å². The molecule has 0 spiro atoms. The van der Waals surface area contributed by atoms with Crippen molar-refractivity contribution >= 4 is 28.9 Å². The molecule has 0 radical (unpaired) electrons. The molecule has 1 atom stereocenters. The molecule has 2 aromatic carbocycles. The minimum Gasteiger partial charge on any atom is -0.294 e. The molecule has 1 aliphatic carbocycles. The van der Waals surface area contributed by atoms with Crippen LogP contribution in [0.1, 0.15) is 36.4 Å². The number of ketones is 1. The number of allylic oxidation sites excluding steroid dienone is 2. The minimum atomic E-state index is -0.487. The second kappa shape index (κ2) is 7.55. The summed E-state index contributed by atoms with van der Waals surface area (Å²) in [4.78, 5) is 41.9. The van der Waals surface area contributed by atoms with Gasteiger partial charge >= 0.3 is 0 Å². The summed E-state index contributed by atoms with van der Waals surface area (Å²) in [6.07, 6.45) is 3.66. The van der Waals surface area contributed by atoms with Crippen LogP contribution in [0.25, 0.3) is 6.08 Å². The molecule has 2 aliphatic rings. The van der Waals surface area contributed by atoms with Crippen molar-refractivity contribution in [3.8, 4) is 0 Å². The fraction of sp³-hybridized carbons (Fsp3) is 0.174. The van der Waals surface area contributed by atoms with Crippen molar-refractivity contribution in [1.29, 1.82) is 0 Å². The van der Waals surface area contributed by atoms with Crippen LogP contribution >= 0.6 is 11.3 Å². The Balaban J connectivity index is 1.70. The first-order valence-electron chi connectivity index (χ1n) is 9.90. The number of rotatable bonds is 3. The third-order valence-electron chi connectivity index (χ3n) is 5.54. The van der Waals surface area contributed by atoms with E-state index in [1.807, 2.05) is 30.3 Å². The zero-order chi connectivity index (χ0) is 21.5. The highest BCUT2D eigenvalue weighted by molar-refractivity contribution is 7.07. The summed E-state index contributed by atoms with van der Waals surface area (Å²) in [5, 5.41) is 10.9. The van der Waals surface area contributed by atoms with Gasteiger partial charge in [0.15, 0.2) is 10.6 Å². The highest BCUT2D eigenvalue weighted by Gasteiger charge is 2.34. The van der Waals surface area contributed by atoms with E-state index in [1.165, 1.54) is 23.5 Å². The topological polar surface area (TPSA) is 94.6 Å². The van der Waals surface area contributed by atoms with Crippen LogP contribution in [0.3, 0.4) is 0 Å². The monoisotopic (exact) mass is 431 g/mol. The van der Waals surface area contributed by atoms with Gasteiger partial charge in [0.25, 0.3) is 11.2 Å². The standard InChI is InChI=1S/C23H17N3O4S/c27-18-8-4-7-17-20(18)21(15-5-2-1-3-6-15)25-22(28)19(31-23(25)24-17)13-14-9-11-16(12-10-14)26(29)30/h1-3,5-6,9-13,21H,4,7-8H2/b19-13+/t21-/m0/s1. The first-order chi connectivity index (χ1) is 15.0. The molecule has 0 saturated carbocycles. The summed E-state index contributed by atoms with van der Waals surface area (Å²) in [6.45, 7) is 0. The Morgan fingerprint density at radius 1 is 1.06 bits per heavy atom. The maximum atomic E-state index is 13.4. The van der Waals surface area contributed by atoms with E-state index >= 15 is 0 Å². The van der Waals surface area contributed by atoms with Crippen LogP contribution in [-0.4, -0.2) is 15.3 Å². The summed E-state index contributed by atoms with van der Waals surface area (Å²) < 4.78 is 2.08. The average Bonchev–Trinajstić information content (AvgIpc) is 3.08. The number of aromatic nitrogens is 1. The van der Waals surface area contributed by atoms with Crippen molar-refractivity contribution in [2.45, 2.75) is 25.3 Å². The number of carbonyl (C=O) groups excluding carboxylic acids is 1. The normalized spacial score (nSPS) is 18.4. The molecule has 0 N–H and O–H groups in total. The molecule has 0 fully saturated rings. The fourth-order valence-corrected chi connectivity index (χ4v) is 5.12. The molecule has 2 heterocycles. The molecule has 0 bridgehead atoms. The van der Waals surface area contributed by atoms with Gasteiger partial charge in [-0.1, -0.05) is 41.7 Å². The molecule has 0 saturated heterocycles. The zero-order valence-corrected chi connectivity index (χ0v) is 17.2. The minimum absolute atomic E-state index is 0.00567. The molecule has 1 aliphatic heterocycles. The fourth-order valence-electron chi connectivity index (χ4n) is 4.10. The Labute approximate surface area is 180 Å². The van der Waals surface area contributed by atoms with Gasteiger partial charge in [-0.2, -0.15) is 0 Å². The van der Waals surface area contributed by atoms with E-state index in [1.54, 1.807) is 22.8 Å². The first kappa shape index (κ1) is 19.3. The lowest BCUT2D eigenvalue weighted by Crippen LogP contribution is -2.40. The molecule has 31 heavy (non-hydrogen) atoms. The Bertz CT molecular complexity index is 1420. The maximum Gasteiger partial charge on any atom is 0.271 e. The number of nitrogens with zero attached hydrogens (tertiary/aromatic N) is 3. The molecule has 0 unspecified atom stereocenters. The van der Waals surface area contributed by atoms with Gasteiger partial charge in [0, 0.05) is 24.1 Å². The van der Waals surface area contributed by atoms with Crippen LogP contribution in [-0.2, 0) is 4.79 Å². The number of non-ortho nitro benzene ring substituents is 1. The van der Waals surface area contributed by atoms with Gasteiger partial charge in [0.2, 0.25) is 0 Å². The van der Waals surface area contributed by atoms with Crippen molar-refractivity contribution in [3.05, 3.63) is 107 Å². The molecule has 154 valence electrons. The number of hydrogen-bond donors (Lipinski definition) is 0. The van der Waals surface area contributed by atoms with Crippen molar-refractivity contribution in [2.24, 2.45) is 4.99 Å². The van der Waals surface area contributed by atoms with Crippen molar-refractivity contribution in [1.82, 2.24) is 4.57 Å². The number of nitro benzene ring substituents is 1. The lowest BCUT2D eigenvalue weighted by molar-refractivity contribution is -0.384. The van der Waals surface area contributed by atoms with E-state index in [-0.39, 0.29) is 17.0 Å². The molecule has 8 heteroatoms. The molecular weight excluding hydrogens is 414 g/mol. The van der Waals surface area contributed by atoms with Crippen LogP contribution < -0.4 is 14.9 Å². The third kappa shape index (κ3) is 3.34. The first-order valence-corrected chi connectivity index (χ1v) is 10.7. The molecule has 3 aromatic rings. The second-order valence-corrected chi connectivity index (χ2v) is 8.49. The van der Waals surface area contributed by atoms with Gasteiger partial charge < -0.3 is 0 Å². The van der Waals surface area contributed by atoms with Gasteiger partial charge in [-0.3, -0.25) is 24.3 Å². The van der Waals surface area contributed by atoms with E-state index in [4.69, 9.17) is 0 Å². The number of nitro groups is 1. The van der Waals surface area contributed by atoms with Crippen molar-refractivity contribution in [2.75, 3.05) is 0 Å². The van der Waals surface area contributed by atoms with Crippen molar-refractivity contribution < 1.29 is 9.72 Å². The SMILES string of the molecule is O=C1CCCC2=C1[C@H](c1ccccc1)n1c(s/c(=C/c3ccc([N+](=O)[O-])cc3)c1=O)=N2. The van der Waals surface area contributed by atoms with Crippen LogP contribution in [0.5, 0.6) is 0 Å². The van der Waals surface area contributed by atoms with E-state index in [2.05, 4.69) is 4.99 Å². The summed E-state index contributed by atoms with van der Waals surface area (Å²) in [6, 6.07) is 15.1. The van der Waals surface area contributed by atoms with E-state index < -0.39 is 11.0 Å². The van der Waals surface area contributed by atoms with Crippen LogP contribution in [0.4, 0.5) is 5.69 Å². The summed E-state index contributed by atoms with van der Waals surface area (Å²) >= 11 is 1.27. The average molecular weight is 431 g/mol. The number of hydrogen-bond acceptors (Lipinski definition) is 6. The summed E-state index contributed by atoms with van der Waals surface area (Å²) in [5.41, 5.74) is 2.73. The Hall–Kier alpha value is -3.65. The van der Waals surface area contributed by atoms with E-state index in [9.17, 15) is 19.7 Å². The number of carbonyl (C=O) groups is 1. The largest absolute Gasteiger partial charge is 0.294 e. The molecule has 1 aromatic heterocycles. The van der Waals surface area contributed by atoms with Crippen molar-refractivity contribution in [3.63, 3.8) is 0 Å². The summed E-state index contributed by atoms with van der Waals surface area (Å²) in [5.74, 6) is 0.0449. The molecule has 7 nitrogen and oxygen atoms in total.